The molecule has 0 amide bonds. The first-order valence-corrected chi connectivity index (χ1v) is 6.26. The van der Waals surface area contributed by atoms with Gasteiger partial charge in [-0.1, -0.05) is 6.07 Å². The average Bonchev–Trinajstić information content (AvgIpc) is 2.74. The molecular weight excluding hydrogens is 253 g/mol. The largest absolute Gasteiger partial charge is 0.417 e. The Bertz CT molecular complexity index is 584. The molecule has 0 radical (unpaired) electrons. The van der Waals surface area contributed by atoms with Gasteiger partial charge in [0.1, 0.15) is 0 Å². The molecule has 1 N–H and O–H groups in total. The molecule has 104 valence electrons. The minimum atomic E-state index is -4.32. The van der Waals surface area contributed by atoms with Gasteiger partial charge in [0, 0.05) is 29.2 Å². The maximum Gasteiger partial charge on any atom is 0.417 e. The Hall–Kier alpha value is -1.49. The second kappa shape index (κ2) is 4.89. The van der Waals surface area contributed by atoms with Crippen LogP contribution in [0.1, 0.15) is 31.1 Å². The summed E-state index contributed by atoms with van der Waals surface area (Å²) < 4.78 is 41.0. The molecule has 0 fully saturated rings. The molecular formula is C14H17F3N2. The number of fused-ring (bicyclic) bond motifs is 1. The predicted molar refractivity (Wildman–Crippen MR) is 70.1 cm³/mol. The molecule has 1 atom stereocenters. The Labute approximate surface area is 110 Å². The van der Waals surface area contributed by atoms with Gasteiger partial charge in [-0.25, -0.2) is 0 Å². The lowest BCUT2D eigenvalue weighted by Gasteiger charge is -2.14. The Balaban J connectivity index is 2.75. The van der Waals surface area contributed by atoms with Crippen LogP contribution in [0.25, 0.3) is 10.9 Å². The molecule has 0 saturated carbocycles. The number of aromatic nitrogens is 1. The molecule has 1 aromatic carbocycles. The van der Waals surface area contributed by atoms with Crippen LogP contribution in [0.3, 0.4) is 0 Å². The first-order chi connectivity index (χ1) is 8.90. The van der Waals surface area contributed by atoms with Gasteiger partial charge in [-0.2, -0.15) is 13.2 Å². The topological polar surface area (TPSA) is 17.0 Å². The van der Waals surface area contributed by atoms with Crippen molar-refractivity contribution >= 4 is 10.9 Å². The predicted octanol–water partition coefficient (Wildman–Crippen LogP) is 3.96. The summed E-state index contributed by atoms with van der Waals surface area (Å²) in [5.74, 6) is 0. The van der Waals surface area contributed by atoms with Gasteiger partial charge >= 0.3 is 6.18 Å². The Morgan fingerprint density at radius 1 is 1.32 bits per heavy atom. The summed E-state index contributed by atoms with van der Waals surface area (Å²) in [6.07, 6.45) is -4.32. The van der Waals surface area contributed by atoms with Gasteiger partial charge in [0.25, 0.3) is 0 Å². The molecule has 0 spiro atoms. The Morgan fingerprint density at radius 3 is 2.53 bits per heavy atom. The van der Waals surface area contributed by atoms with Crippen molar-refractivity contribution in [2.45, 2.75) is 32.6 Å². The van der Waals surface area contributed by atoms with E-state index in [0.717, 1.165) is 11.8 Å². The average molecular weight is 270 g/mol. The summed E-state index contributed by atoms with van der Waals surface area (Å²) in [6.45, 7) is 4.52. The van der Waals surface area contributed by atoms with Crippen molar-refractivity contribution in [3.8, 4) is 0 Å². The van der Waals surface area contributed by atoms with Crippen LogP contribution < -0.4 is 5.32 Å². The zero-order valence-electron chi connectivity index (χ0n) is 11.2. The summed E-state index contributed by atoms with van der Waals surface area (Å²) in [5, 5.41) is 3.35. The zero-order valence-corrected chi connectivity index (χ0v) is 11.2. The summed E-state index contributed by atoms with van der Waals surface area (Å²) in [4.78, 5) is 0. The van der Waals surface area contributed by atoms with Gasteiger partial charge < -0.3 is 9.88 Å². The molecule has 0 aliphatic carbocycles. The van der Waals surface area contributed by atoms with Crippen LogP contribution >= 0.6 is 0 Å². The maximum absolute atomic E-state index is 13.0. The summed E-state index contributed by atoms with van der Waals surface area (Å²) in [7, 11) is 1.80. The Kier molecular flexibility index (Phi) is 3.58. The number of alkyl halides is 3. The monoisotopic (exact) mass is 270 g/mol. The zero-order chi connectivity index (χ0) is 14.2. The minimum Gasteiger partial charge on any atom is -0.343 e. The van der Waals surface area contributed by atoms with Crippen molar-refractivity contribution in [2.24, 2.45) is 0 Å². The van der Waals surface area contributed by atoms with Crippen LogP contribution in [-0.4, -0.2) is 11.6 Å². The lowest BCUT2D eigenvalue weighted by molar-refractivity contribution is -0.136. The number of halogens is 3. The highest BCUT2D eigenvalue weighted by Crippen LogP contribution is 2.36. The van der Waals surface area contributed by atoms with E-state index in [0.29, 0.717) is 12.1 Å². The van der Waals surface area contributed by atoms with Crippen LogP contribution in [0.4, 0.5) is 13.2 Å². The highest BCUT2D eigenvalue weighted by molar-refractivity contribution is 5.85. The van der Waals surface area contributed by atoms with E-state index >= 15 is 0 Å². The van der Waals surface area contributed by atoms with E-state index in [4.69, 9.17) is 0 Å². The lowest BCUT2D eigenvalue weighted by atomic mass is 10.1. The molecule has 1 unspecified atom stereocenters. The maximum atomic E-state index is 13.0. The van der Waals surface area contributed by atoms with Gasteiger partial charge in [-0.3, -0.25) is 0 Å². The van der Waals surface area contributed by atoms with Crippen LogP contribution in [0.2, 0.25) is 0 Å². The van der Waals surface area contributed by atoms with Crippen molar-refractivity contribution < 1.29 is 13.2 Å². The highest BCUT2D eigenvalue weighted by atomic mass is 19.4. The second-order valence-electron chi connectivity index (χ2n) is 4.56. The Morgan fingerprint density at radius 2 is 2.00 bits per heavy atom. The van der Waals surface area contributed by atoms with E-state index in [1.165, 1.54) is 6.07 Å². The number of aryl methyl sites for hydroxylation is 1. The molecule has 19 heavy (non-hydrogen) atoms. The van der Waals surface area contributed by atoms with Crippen LogP contribution in [0, 0.1) is 0 Å². The van der Waals surface area contributed by atoms with E-state index in [9.17, 15) is 13.2 Å². The molecule has 0 aliphatic heterocycles. The quantitative estimate of drug-likeness (QED) is 0.893. The van der Waals surface area contributed by atoms with Crippen molar-refractivity contribution in [1.29, 1.82) is 0 Å². The smallest absolute Gasteiger partial charge is 0.343 e. The fourth-order valence-corrected chi connectivity index (χ4v) is 2.41. The molecule has 0 bridgehead atoms. The first kappa shape index (κ1) is 13.9. The molecule has 1 heterocycles. The number of hydrogen-bond donors (Lipinski definition) is 1. The number of rotatable bonds is 3. The number of benzene rings is 1. The van der Waals surface area contributed by atoms with Gasteiger partial charge in [-0.05, 0) is 39.1 Å². The second-order valence-corrected chi connectivity index (χ2v) is 4.56. The molecule has 1 aromatic heterocycles. The standard InChI is InChI=1S/C14H17F3N2/c1-4-19-12-7-5-6-11(14(15,16)17)10(12)8-13(19)9(2)18-3/h5-9,18H,4H2,1-3H3. The SMILES string of the molecule is CCn1c(C(C)NC)cc2c(C(F)(F)F)cccc21. The molecule has 2 aromatic rings. The fraction of sp³-hybridized carbons (Fsp3) is 0.429. The molecule has 0 saturated heterocycles. The van der Waals surface area contributed by atoms with Crippen LogP contribution in [-0.2, 0) is 12.7 Å². The summed E-state index contributed by atoms with van der Waals surface area (Å²) >= 11 is 0. The van der Waals surface area contributed by atoms with Gasteiger partial charge in [0.05, 0.1) is 5.56 Å². The number of nitrogens with zero attached hydrogens (tertiary/aromatic N) is 1. The van der Waals surface area contributed by atoms with E-state index in [-0.39, 0.29) is 11.4 Å². The van der Waals surface area contributed by atoms with E-state index in [1.807, 2.05) is 18.4 Å². The molecule has 5 heteroatoms. The van der Waals surface area contributed by atoms with Crippen molar-refractivity contribution in [3.05, 3.63) is 35.5 Å². The van der Waals surface area contributed by atoms with E-state index in [1.54, 1.807) is 19.2 Å². The van der Waals surface area contributed by atoms with Crippen LogP contribution in [0.5, 0.6) is 0 Å². The van der Waals surface area contributed by atoms with Gasteiger partial charge in [-0.15, -0.1) is 0 Å². The number of hydrogen-bond acceptors (Lipinski definition) is 1. The molecule has 2 rings (SSSR count). The lowest BCUT2D eigenvalue weighted by Crippen LogP contribution is -2.16. The summed E-state index contributed by atoms with van der Waals surface area (Å²) in [6, 6.07) is 5.98. The minimum absolute atomic E-state index is 0.00781. The van der Waals surface area contributed by atoms with Crippen LogP contribution in [0.15, 0.2) is 24.3 Å². The third kappa shape index (κ3) is 2.34. The molecule has 2 nitrogen and oxygen atoms in total. The summed E-state index contributed by atoms with van der Waals surface area (Å²) in [5.41, 5.74) is 0.938. The highest BCUT2D eigenvalue weighted by Gasteiger charge is 2.33. The third-order valence-corrected chi connectivity index (χ3v) is 3.48. The van der Waals surface area contributed by atoms with E-state index in [2.05, 4.69) is 5.32 Å². The number of nitrogens with one attached hydrogen (secondary N) is 1. The van der Waals surface area contributed by atoms with Gasteiger partial charge in [0.15, 0.2) is 0 Å². The fourth-order valence-electron chi connectivity index (χ4n) is 2.41. The first-order valence-electron chi connectivity index (χ1n) is 6.26. The molecule has 0 aliphatic rings. The normalized spacial score (nSPS) is 14.0. The van der Waals surface area contributed by atoms with Crippen molar-refractivity contribution in [2.75, 3.05) is 7.05 Å². The third-order valence-electron chi connectivity index (χ3n) is 3.48. The van der Waals surface area contributed by atoms with Gasteiger partial charge in [0.2, 0.25) is 0 Å². The van der Waals surface area contributed by atoms with Crippen molar-refractivity contribution in [1.82, 2.24) is 9.88 Å². The van der Waals surface area contributed by atoms with Crippen molar-refractivity contribution in [3.63, 3.8) is 0 Å². The van der Waals surface area contributed by atoms with E-state index < -0.39 is 11.7 Å².